The molecule has 1 amide bonds. The van der Waals surface area contributed by atoms with Crippen molar-refractivity contribution in [2.45, 2.75) is 19.8 Å². The quantitative estimate of drug-likeness (QED) is 0.193. The molecule has 3 aromatic carbocycles. The van der Waals surface area contributed by atoms with Gasteiger partial charge in [0, 0.05) is 4.47 Å². The van der Waals surface area contributed by atoms with Crippen LogP contribution in [0.2, 0.25) is 0 Å². The Kier molecular flexibility index (Phi) is 8.57. The minimum Gasteiger partial charge on any atom is -0.484 e. The summed E-state index contributed by atoms with van der Waals surface area (Å²) < 4.78 is 11.6. The van der Waals surface area contributed by atoms with Crippen LogP contribution in [0, 0.1) is 0 Å². The summed E-state index contributed by atoms with van der Waals surface area (Å²) in [5.74, 6) is 0.241. The molecule has 164 valence electrons. The van der Waals surface area contributed by atoms with Gasteiger partial charge in [-0.3, -0.25) is 4.79 Å². The number of esters is 1. The van der Waals surface area contributed by atoms with Crippen LogP contribution in [-0.4, -0.2) is 24.7 Å². The summed E-state index contributed by atoms with van der Waals surface area (Å²) in [7, 11) is 0. The number of amides is 1. The second kappa shape index (κ2) is 11.8. The van der Waals surface area contributed by atoms with Crippen LogP contribution in [-0.2, 0) is 11.2 Å². The van der Waals surface area contributed by atoms with E-state index < -0.39 is 5.97 Å². The predicted octanol–water partition coefficient (Wildman–Crippen LogP) is 5.15. The highest BCUT2D eigenvalue weighted by Crippen LogP contribution is 2.16. The highest BCUT2D eigenvalue weighted by atomic mass is 79.9. The SMILES string of the molecule is CCCc1ccc(OCC(=O)N/N=C/c2ccc(OC(=O)c3cccc(Br)c3)cc2)cc1. The third kappa shape index (κ3) is 7.35. The first-order valence-electron chi connectivity index (χ1n) is 10.1. The molecule has 0 heterocycles. The van der Waals surface area contributed by atoms with Crippen molar-refractivity contribution in [1.82, 2.24) is 5.43 Å². The lowest BCUT2D eigenvalue weighted by molar-refractivity contribution is -0.123. The largest absolute Gasteiger partial charge is 0.484 e. The van der Waals surface area contributed by atoms with Gasteiger partial charge in [-0.1, -0.05) is 47.5 Å². The maximum atomic E-state index is 12.2. The number of benzene rings is 3. The number of carbonyl (C=O) groups is 2. The number of carbonyl (C=O) groups excluding carboxylic acids is 2. The Balaban J connectivity index is 1.44. The molecule has 0 spiro atoms. The summed E-state index contributed by atoms with van der Waals surface area (Å²) in [6.45, 7) is 2.00. The number of ether oxygens (including phenoxy) is 2. The maximum Gasteiger partial charge on any atom is 0.343 e. The van der Waals surface area contributed by atoms with Crippen LogP contribution in [0.1, 0.15) is 34.8 Å². The number of hydrazone groups is 1. The fourth-order valence-electron chi connectivity index (χ4n) is 2.80. The molecule has 3 aromatic rings. The molecule has 0 radical (unpaired) electrons. The first-order chi connectivity index (χ1) is 15.5. The maximum absolute atomic E-state index is 12.2. The molecule has 0 saturated heterocycles. The van der Waals surface area contributed by atoms with Crippen molar-refractivity contribution < 1.29 is 19.1 Å². The molecule has 32 heavy (non-hydrogen) atoms. The Morgan fingerprint density at radius 3 is 2.41 bits per heavy atom. The number of hydrogen-bond donors (Lipinski definition) is 1. The lowest BCUT2D eigenvalue weighted by Crippen LogP contribution is -2.24. The standard InChI is InChI=1S/C25H23BrN2O4/c1-2-4-18-7-11-22(12-8-18)31-17-24(29)28-27-16-19-9-13-23(14-10-19)32-25(30)20-5-3-6-21(26)15-20/h3,5-16H,2,4,17H2,1H3,(H,28,29)/b27-16+. The zero-order chi connectivity index (χ0) is 22.8. The number of rotatable bonds is 9. The molecule has 1 N–H and O–H groups in total. The van der Waals surface area contributed by atoms with Gasteiger partial charge in [0.15, 0.2) is 6.61 Å². The van der Waals surface area contributed by atoms with Gasteiger partial charge in [0.05, 0.1) is 11.8 Å². The minimum absolute atomic E-state index is 0.130. The smallest absolute Gasteiger partial charge is 0.343 e. The van der Waals surface area contributed by atoms with Gasteiger partial charge in [-0.25, -0.2) is 10.2 Å². The zero-order valence-electron chi connectivity index (χ0n) is 17.6. The molecular weight excluding hydrogens is 472 g/mol. The van der Waals surface area contributed by atoms with E-state index in [-0.39, 0.29) is 12.5 Å². The van der Waals surface area contributed by atoms with Crippen LogP contribution in [0.15, 0.2) is 82.4 Å². The molecule has 0 unspecified atom stereocenters. The van der Waals surface area contributed by atoms with Gasteiger partial charge in [0.2, 0.25) is 0 Å². The second-order valence-corrected chi connectivity index (χ2v) is 7.86. The molecule has 0 saturated carbocycles. The van der Waals surface area contributed by atoms with Crippen LogP contribution in [0.3, 0.4) is 0 Å². The van der Waals surface area contributed by atoms with Crippen molar-refractivity contribution in [1.29, 1.82) is 0 Å². The number of aryl methyl sites for hydroxylation is 1. The molecule has 0 atom stereocenters. The van der Waals surface area contributed by atoms with Crippen LogP contribution >= 0.6 is 15.9 Å². The van der Waals surface area contributed by atoms with E-state index in [0.29, 0.717) is 17.1 Å². The first-order valence-corrected chi connectivity index (χ1v) is 10.9. The third-order valence-electron chi connectivity index (χ3n) is 4.39. The van der Waals surface area contributed by atoms with Gasteiger partial charge in [0.1, 0.15) is 11.5 Å². The normalized spacial score (nSPS) is 10.7. The van der Waals surface area contributed by atoms with Crippen molar-refractivity contribution in [3.63, 3.8) is 0 Å². The lowest BCUT2D eigenvalue weighted by Gasteiger charge is -2.06. The van der Waals surface area contributed by atoms with E-state index >= 15 is 0 Å². The first kappa shape index (κ1) is 23.2. The Morgan fingerprint density at radius 2 is 1.72 bits per heavy atom. The minimum atomic E-state index is -0.444. The van der Waals surface area contributed by atoms with E-state index in [1.165, 1.54) is 11.8 Å². The highest BCUT2D eigenvalue weighted by molar-refractivity contribution is 9.10. The monoisotopic (exact) mass is 494 g/mol. The number of nitrogens with zero attached hydrogens (tertiary/aromatic N) is 1. The van der Waals surface area contributed by atoms with Crippen LogP contribution in [0.25, 0.3) is 0 Å². The van der Waals surface area contributed by atoms with Gasteiger partial charge in [-0.05, 0) is 72.1 Å². The average Bonchev–Trinajstić information content (AvgIpc) is 2.80. The number of nitrogens with one attached hydrogen (secondary N) is 1. The van der Waals surface area contributed by atoms with Crippen LogP contribution in [0.4, 0.5) is 0 Å². The van der Waals surface area contributed by atoms with E-state index in [2.05, 4.69) is 33.4 Å². The van der Waals surface area contributed by atoms with Crippen molar-refractivity contribution in [2.75, 3.05) is 6.61 Å². The average molecular weight is 495 g/mol. The molecule has 6 nitrogen and oxygen atoms in total. The number of halogens is 1. The molecule has 0 aromatic heterocycles. The molecular formula is C25H23BrN2O4. The van der Waals surface area contributed by atoms with E-state index in [1.807, 2.05) is 30.3 Å². The van der Waals surface area contributed by atoms with E-state index in [1.54, 1.807) is 42.5 Å². The topological polar surface area (TPSA) is 77.0 Å². The third-order valence-corrected chi connectivity index (χ3v) is 4.88. The fourth-order valence-corrected chi connectivity index (χ4v) is 3.20. The van der Waals surface area contributed by atoms with Crippen molar-refractivity contribution in [3.05, 3.63) is 94.0 Å². The van der Waals surface area contributed by atoms with E-state index in [0.717, 1.165) is 22.9 Å². The van der Waals surface area contributed by atoms with Crippen molar-refractivity contribution >= 4 is 34.0 Å². The summed E-state index contributed by atoms with van der Waals surface area (Å²) >= 11 is 3.33. The Labute approximate surface area is 195 Å². The highest BCUT2D eigenvalue weighted by Gasteiger charge is 2.08. The van der Waals surface area contributed by atoms with Gasteiger partial charge in [-0.15, -0.1) is 0 Å². The van der Waals surface area contributed by atoms with Gasteiger partial charge < -0.3 is 9.47 Å². The van der Waals surface area contributed by atoms with E-state index in [9.17, 15) is 9.59 Å². The summed E-state index contributed by atoms with van der Waals surface area (Å²) in [6, 6.07) is 21.4. The Bertz CT molecular complexity index is 1080. The fraction of sp³-hybridized carbons (Fsp3) is 0.160. The second-order valence-electron chi connectivity index (χ2n) is 6.94. The van der Waals surface area contributed by atoms with Crippen molar-refractivity contribution in [3.8, 4) is 11.5 Å². The van der Waals surface area contributed by atoms with Gasteiger partial charge in [-0.2, -0.15) is 5.10 Å². The molecule has 7 heteroatoms. The van der Waals surface area contributed by atoms with Crippen molar-refractivity contribution in [2.24, 2.45) is 5.10 Å². The van der Waals surface area contributed by atoms with E-state index in [4.69, 9.17) is 9.47 Å². The molecule has 3 rings (SSSR count). The number of hydrogen-bond acceptors (Lipinski definition) is 5. The summed E-state index contributed by atoms with van der Waals surface area (Å²) in [4.78, 5) is 24.1. The predicted molar refractivity (Wildman–Crippen MR) is 127 cm³/mol. The van der Waals surface area contributed by atoms with Crippen LogP contribution < -0.4 is 14.9 Å². The van der Waals surface area contributed by atoms with Gasteiger partial charge in [0.25, 0.3) is 5.91 Å². The van der Waals surface area contributed by atoms with Gasteiger partial charge >= 0.3 is 5.97 Å². The van der Waals surface area contributed by atoms with Crippen LogP contribution in [0.5, 0.6) is 11.5 Å². The molecule has 0 aliphatic heterocycles. The molecule has 0 fully saturated rings. The summed E-state index contributed by atoms with van der Waals surface area (Å²) in [5.41, 5.74) is 4.85. The molecule has 0 aliphatic carbocycles. The Morgan fingerprint density at radius 1 is 1.00 bits per heavy atom. The zero-order valence-corrected chi connectivity index (χ0v) is 19.2. The molecule has 0 bridgehead atoms. The lowest BCUT2D eigenvalue weighted by atomic mass is 10.1. The summed E-state index contributed by atoms with van der Waals surface area (Å²) in [6.07, 6.45) is 3.60. The summed E-state index contributed by atoms with van der Waals surface area (Å²) in [5, 5.41) is 3.92. The molecule has 0 aliphatic rings. The Hall–Kier alpha value is -3.45.